The molecular weight excluding hydrogens is 354 g/mol. The minimum atomic E-state index is 0.555. The number of likely N-dealkylation sites (tertiary alicyclic amines) is 1. The van der Waals surface area contributed by atoms with Gasteiger partial charge < -0.3 is 19.7 Å². The number of hydrogen-bond acceptors (Lipinski definition) is 4. The first kappa shape index (κ1) is 20.4. The van der Waals surface area contributed by atoms with E-state index in [1.54, 1.807) is 7.11 Å². The van der Waals surface area contributed by atoms with E-state index in [1.807, 2.05) is 36.1 Å². The van der Waals surface area contributed by atoms with Gasteiger partial charge in [-0.25, -0.2) is 4.68 Å². The Morgan fingerprint density at radius 3 is 2.93 bits per heavy atom. The molecule has 2 aromatic rings. The molecule has 0 bridgehead atoms. The number of aliphatic imine (C=N–C) groups is 1. The number of para-hydroxylation sites is 1. The number of methoxy groups -OCH3 is 1. The second kappa shape index (κ2) is 10.8. The highest BCUT2D eigenvalue weighted by atomic mass is 16.5. The molecule has 1 unspecified atom stereocenters. The molecule has 7 heteroatoms. The minimum Gasteiger partial charge on any atom is -0.382 e. The molecule has 1 aromatic carbocycles. The molecule has 1 saturated heterocycles. The van der Waals surface area contributed by atoms with Crippen LogP contribution in [-0.2, 0) is 15.9 Å². The zero-order chi connectivity index (χ0) is 19.6. The maximum atomic E-state index is 5.68. The van der Waals surface area contributed by atoms with E-state index in [1.165, 1.54) is 5.56 Å². The zero-order valence-electron chi connectivity index (χ0n) is 16.9. The number of guanidine groups is 1. The van der Waals surface area contributed by atoms with Crippen LogP contribution in [0.15, 0.2) is 47.7 Å². The summed E-state index contributed by atoms with van der Waals surface area (Å²) < 4.78 is 12.6. The van der Waals surface area contributed by atoms with Gasteiger partial charge in [0.15, 0.2) is 5.96 Å². The van der Waals surface area contributed by atoms with Gasteiger partial charge in [0.2, 0.25) is 0 Å². The zero-order valence-corrected chi connectivity index (χ0v) is 16.9. The molecule has 0 aliphatic carbocycles. The summed E-state index contributed by atoms with van der Waals surface area (Å²) in [6.07, 6.45) is 6.06. The third-order valence-electron chi connectivity index (χ3n) is 4.94. The third-order valence-corrected chi connectivity index (χ3v) is 4.94. The number of benzene rings is 1. The van der Waals surface area contributed by atoms with Crippen molar-refractivity contribution in [3.63, 3.8) is 0 Å². The van der Waals surface area contributed by atoms with Crippen molar-refractivity contribution < 1.29 is 9.47 Å². The lowest BCUT2D eigenvalue weighted by molar-refractivity contribution is 0.0536. The van der Waals surface area contributed by atoms with E-state index in [0.717, 1.165) is 50.7 Å². The molecule has 1 aliphatic heterocycles. The normalized spacial score (nSPS) is 17.3. The van der Waals surface area contributed by atoms with Crippen molar-refractivity contribution in [2.45, 2.75) is 12.8 Å². The van der Waals surface area contributed by atoms with Crippen LogP contribution in [0, 0.1) is 5.92 Å². The number of nitrogens with one attached hydrogen (secondary N) is 1. The lowest BCUT2D eigenvalue weighted by atomic mass is 10.1. The van der Waals surface area contributed by atoms with Crippen LogP contribution < -0.4 is 5.32 Å². The molecule has 7 nitrogen and oxygen atoms in total. The fraction of sp³-hybridized carbons (Fsp3) is 0.524. The first-order valence-corrected chi connectivity index (χ1v) is 9.91. The quantitative estimate of drug-likeness (QED) is 0.406. The first-order chi connectivity index (χ1) is 13.8. The first-order valence-electron chi connectivity index (χ1n) is 9.91. The van der Waals surface area contributed by atoms with E-state index < -0.39 is 0 Å². The molecule has 1 aromatic heterocycles. The van der Waals surface area contributed by atoms with Crippen molar-refractivity contribution >= 4 is 5.96 Å². The summed E-state index contributed by atoms with van der Waals surface area (Å²) in [7, 11) is 3.54. The van der Waals surface area contributed by atoms with E-state index in [4.69, 9.17) is 9.47 Å². The molecule has 0 saturated carbocycles. The molecule has 152 valence electrons. The number of nitrogens with zero attached hydrogens (tertiary/aromatic N) is 4. The standard InChI is InChI=1S/C21H31N5O2/c1-22-21(25-11-9-19(15-25)17-28-13-12-27-2)23-10-8-18-14-24-26(16-18)20-6-4-3-5-7-20/h3-7,14,16,19H,8-13,15,17H2,1-2H3,(H,22,23). The van der Waals surface area contributed by atoms with Gasteiger partial charge >= 0.3 is 0 Å². The van der Waals surface area contributed by atoms with Crippen LogP contribution in [0.2, 0.25) is 0 Å². The Kier molecular flexibility index (Phi) is 7.87. The summed E-state index contributed by atoms with van der Waals surface area (Å²) in [4.78, 5) is 6.77. The molecule has 1 fully saturated rings. The molecule has 0 amide bonds. The van der Waals surface area contributed by atoms with Crippen molar-refractivity contribution in [3.8, 4) is 5.69 Å². The van der Waals surface area contributed by atoms with Gasteiger partial charge in [0.1, 0.15) is 0 Å². The Hall–Kier alpha value is -2.38. The van der Waals surface area contributed by atoms with Gasteiger partial charge in [-0.15, -0.1) is 0 Å². The Labute approximate surface area is 167 Å². The van der Waals surface area contributed by atoms with Gasteiger partial charge in [-0.3, -0.25) is 4.99 Å². The fourth-order valence-corrected chi connectivity index (χ4v) is 3.42. The largest absolute Gasteiger partial charge is 0.382 e. The van der Waals surface area contributed by atoms with E-state index in [0.29, 0.717) is 19.1 Å². The summed E-state index contributed by atoms with van der Waals surface area (Å²) in [5.41, 5.74) is 2.28. The van der Waals surface area contributed by atoms with E-state index in [-0.39, 0.29) is 0 Å². The Balaban J connectivity index is 1.41. The van der Waals surface area contributed by atoms with Gasteiger partial charge in [0.05, 0.1) is 31.7 Å². The highest BCUT2D eigenvalue weighted by Crippen LogP contribution is 2.16. The van der Waals surface area contributed by atoms with Crippen LogP contribution in [0.3, 0.4) is 0 Å². The van der Waals surface area contributed by atoms with Gasteiger partial charge in [-0.2, -0.15) is 5.10 Å². The molecule has 0 spiro atoms. The fourth-order valence-electron chi connectivity index (χ4n) is 3.42. The molecule has 1 atom stereocenters. The van der Waals surface area contributed by atoms with E-state index in [2.05, 4.69) is 38.6 Å². The van der Waals surface area contributed by atoms with Gasteiger partial charge in [0, 0.05) is 45.9 Å². The van der Waals surface area contributed by atoms with Crippen LogP contribution >= 0.6 is 0 Å². The van der Waals surface area contributed by atoms with Crippen molar-refractivity contribution in [3.05, 3.63) is 48.3 Å². The van der Waals surface area contributed by atoms with Crippen molar-refractivity contribution in [2.75, 3.05) is 53.6 Å². The summed E-state index contributed by atoms with van der Waals surface area (Å²) in [5.74, 6) is 1.52. The smallest absolute Gasteiger partial charge is 0.193 e. The summed E-state index contributed by atoms with van der Waals surface area (Å²) in [6, 6.07) is 10.2. The molecule has 2 heterocycles. The average Bonchev–Trinajstić information content (AvgIpc) is 3.39. The van der Waals surface area contributed by atoms with Gasteiger partial charge in [0.25, 0.3) is 0 Å². The molecule has 1 N–H and O–H groups in total. The van der Waals surface area contributed by atoms with Crippen molar-refractivity contribution in [1.29, 1.82) is 0 Å². The second-order valence-corrected chi connectivity index (χ2v) is 7.02. The van der Waals surface area contributed by atoms with Crippen LogP contribution in [-0.4, -0.2) is 74.3 Å². The number of aromatic nitrogens is 2. The molecule has 0 radical (unpaired) electrons. The lowest BCUT2D eigenvalue weighted by Gasteiger charge is -2.21. The molecular formula is C21H31N5O2. The highest BCUT2D eigenvalue weighted by molar-refractivity contribution is 5.80. The maximum Gasteiger partial charge on any atom is 0.193 e. The molecule has 3 rings (SSSR count). The number of rotatable bonds is 9. The Morgan fingerprint density at radius 1 is 1.29 bits per heavy atom. The summed E-state index contributed by atoms with van der Waals surface area (Å²) in [6.45, 7) is 4.94. The number of hydrogen-bond donors (Lipinski definition) is 1. The van der Waals surface area contributed by atoms with E-state index in [9.17, 15) is 0 Å². The van der Waals surface area contributed by atoms with Crippen molar-refractivity contribution in [1.82, 2.24) is 20.0 Å². The molecule has 1 aliphatic rings. The second-order valence-electron chi connectivity index (χ2n) is 7.02. The van der Waals surface area contributed by atoms with Crippen molar-refractivity contribution in [2.24, 2.45) is 10.9 Å². The maximum absolute atomic E-state index is 5.68. The Bertz CT molecular complexity index is 731. The van der Waals surface area contributed by atoms with Gasteiger partial charge in [-0.1, -0.05) is 18.2 Å². The van der Waals surface area contributed by atoms with Crippen LogP contribution in [0.1, 0.15) is 12.0 Å². The van der Waals surface area contributed by atoms with E-state index >= 15 is 0 Å². The van der Waals surface area contributed by atoms with Gasteiger partial charge in [-0.05, 0) is 30.5 Å². The predicted octanol–water partition coefficient (Wildman–Crippen LogP) is 1.98. The highest BCUT2D eigenvalue weighted by Gasteiger charge is 2.24. The summed E-state index contributed by atoms with van der Waals surface area (Å²) in [5, 5.41) is 7.94. The minimum absolute atomic E-state index is 0.555. The monoisotopic (exact) mass is 385 g/mol. The number of ether oxygens (including phenoxy) is 2. The third kappa shape index (κ3) is 5.81. The topological polar surface area (TPSA) is 63.9 Å². The average molecular weight is 386 g/mol. The van der Waals surface area contributed by atoms with Crippen LogP contribution in [0.25, 0.3) is 5.69 Å². The molecule has 28 heavy (non-hydrogen) atoms. The summed E-state index contributed by atoms with van der Waals surface area (Å²) >= 11 is 0. The predicted molar refractivity (Wildman–Crippen MR) is 111 cm³/mol. The SMILES string of the molecule is CN=C(NCCc1cnn(-c2ccccc2)c1)N1CCC(COCCOC)C1. The lowest BCUT2D eigenvalue weighted by Crippen LogP contribution is -2.41. The van der Waals surface area contributed by atoms with Crippen LogP contribution in [0.4, 0.5) is 0 Å². The Morgan fingerprint density at radius 2 is 2.14 bits per heavy atom. The van der Waals surface area contributed by atoms with Crippen LogP contribution in [0.5, 0.6) is 0 Å².